The Hall–Kier alpha value is -2.06. The highest BCUT2D eigenvalue weighted by Crippen LogP contribution is 2.19. The number of amides is 1. The van der Waals surface area contributed by atoms with Gasteiger partial charge in [0.15, 0.2) is 0 Å². The molecule has 112 valence electrons. The van der Waals surface area contributed by atoms with Gasteiger partial charge in [0, 0.05) is 6.54 Å². The molecule has 0 spiro atoms. The van der Waals surface area contributed by atoms with Gasteiger partial charge in [0.1, 0.15) is 6.54 Å². The molecular weight excluding hydrogens is 290 g/mol. The predicted molar refractivity (Wildman–Crippen MR) is 79.8 cm³/mol. The fraction of sp³-hybridized carbons (Fsp3) is 0.385. The summed E-state index contributed by atoms with van der Waals surface area (Å²) < 4.78 is 5.29. The van der Waals surface area contributed by atoms with Gasteiger partial charge < -0.3 is 10.1 Å². The van der Waals surface area contributed by atoms with Gasteiger partial charge in [0.2, 0.25) is 11.7 Å². The number of carbonyl (C=O) groups excluding carboxylic acids is 1. The van der Waals surface area contributed by atoms with Gasteiger partial charge in [-0.2, -0.15) is 4.80 Å². The van der Waals surface area contributed by atoms with Crippen molar-refractivity contribution >= 4 is 17.2 Å². The average molecular weight is 307 g/mol. The number of hydrogen-bond donors (Lipinski definition) is 1. The number of hydrogen-bond acceptors (Lipinski definition) is 6. The molecule has 0 saturated heterocycles. The van der Waals surface area contributed by atoms with Crippen molar-refractivity contribution in [3.05, 3.63) is 29.7 Å². The zero-order valence-electron chi connectivity index (χ0n) is 11.8. The summed E-state index contributed by atoms with van der Waals surface area (Å²) in [5.41, 5.74) is 0.953. The minimum atomic E-state index is -0.177. The lowest BCUT2D eigenvalue weighted by Gasteiger charge is -2.05. The second-order valence-electron chi connectivity index (χ2n) is 4.48. The molecule has 1 N–H and O–H groups in total. The summed E-state index contributed by atoms with van der Waals surface area (Å²) in [6, 6.07) is 3.82. The van der Waals surface area contributed by atoms with E-state index in [0.29, 0.717) is 25.6 Å². The lowest BCUT2D eigenvalue weighted by molar-refractivity contribution is -0.122. The van der Waals surface area contributed by atoms with E-state index in [1.165, 1.54) is 16.1 Å². The summed E-state index contributed by atoms with van der Waals surface area (Å²) in [5.74, 6) is 0.353. The molecule has 8 heteroatoms. The molecule has 0 aliphatic rings. The number of tetrazole rings is 1. The van der Waals surface area contributed by atoms with Crippen molar-refractivity contribution in [1.82, 2.24) is 25.5 Å². The number of nitrogens with one attached hydrogen (secondary N) is 1. The highest BCUT2D eigenvalue weighted by Gasteiger charge is 2.09. The highest BCUT2D eigenvalue weighted by molar-refractivity contribution is 7.13. The number of rotatable bonds is 8. The van der Waals surface area contributed by atoms with Crippen LogP contribution in [0.5, 0.6) is 0 Å². The van der Waals surface area contributed by atoms with Gasteiger partial charge in [-0.15, -0.1) is 21.5 Å². The molecule has 2 heterocycles. The Morgan fingerprint density at radius 2 is 2.43 bits per heavy atom. The third-order valence-electron chi connectivity index (χ3n) is 2.40. The fourth-order valence-corrected chi connectivity index (χ4v) is 2.16. The van der Waals surface area contributed by atoms with E-state index in [0.717, 1.165) is 10.5 Å². The second-order valence-corrected chi connectivity index (χ2v) is 5.43. The van der Waals surface area contributed by atoms with Crippen LogP contribution in [0.15, 0.2) is 29.7 Å². The van der Waals surface area contributed by atoms with Crippen LogP contribution in [0.1, 0.15) is 6.92 Å². The van der Waals surface area contributed by atoms with E-state index in [2.05, 4.69) is 27.3 Å². The molecule has 2 aromatic heterocycles. The van der Waals surface area contributed by atoms with Crippen LogP contribution in [0.2, 0.25) is 0 Å². The van der Waals surface area contributed by atoms with Crippen LogP contribution in [-0.4, -0.2) is 45.9 Å². The van der Waals surface area contributed by atoms with Crippen molar-refractivity contribution in [2.24, 2.45) is 0 Å². The summed E-state index contributed by atoms with van der Waals surface area (Å²) in [6.45, 7) is 7.05. The van der Waals surface area contributed by atoms with E-state index in [-0.39, 0.29) is 12.5 Å². The first kappa shape index (κ1) is 15.3. The molecule has 0 bridgehead atoms. The maximum absolute atomic E-state index is 11.7. The number of aromatic nitrogens is 4. The van der Waals surface area contributed by atoms with Crippen molar-refractivity contribution in [2.75, 3.05) is 19.8 Å². The SMILES string of the molecule is C=C(C)COCCNC(=O)Cn1nnc(-c2cccs2)n1. The molecule has 0 aromatic carbocycles. The largest absolute Gasteiger partial charge is 0.375 e. The monoisotopic (exact) mass is 307 g/mol. The molecule has 2 aromatic rings. The molecule has 0 atom stereocenters. The smallest absolute Gasteiger partial charge is 0.243 e. The van der Waals surface area contributed by atoms with Crippen molar-refractivity contribution < 1.29 is 9.53 Å². The van der Waals surface area contributed by atoms with Crippen LogP contribution in [0.4, 0.5) is 0 Å². The minimum Gasteiger partial charge on any atom is -0.375 e. The zero-order valence-corrected chi connectivity index (χ0v) is 12.6. The normalized spacial score (nSPS) is 10.5. The summed E-state index contributed by atoms with van der Waals surface area (Å²) in [4.78, 5) is 13.9. The van der Waals surface area contributed by atoms with Gasteiger partial charge in [-0.1, -0.05) is 18.2 Å². The molecular formula is C13H17N5O2S. The topological polar surface area (TPSA) is 81.9 Å². The number of carbonyl (C=O) groups is 1. The van der Waals surface area contributed by atoms with Crippen molar-refractivity contribution in [1.29, 1.82) is 0 Å². The number of ether oxygens (including phenoxy) is 1. The summed E-state index contributed by atoms with van der Waals surface area (Å²) >= 11 is 1.53. The fourth-order valence-electron chi connectivity index (χ4n) is 1.51. The van der Waals surface area contributed by atoms with E-state index in [1.807, 2.05) is 24.4 Å². The molecule has 0 saturated carbocycles. The molecule has 0 radical (unpaired) electrons. The van der Waals surface area contributed by atoms with Crippen molar-refractivity contribution in [2.45, 2.75) is 13.5 Å². The van der Waals surface area contributed by atoms with Gasteiger partial charge in [0.05, 0.1) is 18.1 Å². The number of nitrogens with zero attached hydrogens (tertiary/aromatic N) is 4. The van der Waals surface area contributed by atoms with Crippen LogP contribution in [0, 0.1) is 0 Å². The molecule has 0 fully saturated rings. The maximum atomic E-state index is 11.7. The first-order chi connectivity index (χ1) is 10.1. The van der Waals surface area contributed by atoms with Gasteiger partial charge in [-0.25, -0.2) is 0 Å². The Morgan fingerprint density at radius 3 is 3.14 bits per heavy atom. The van der Waals surface area contributed by atoms with Crippen molar-refractivity contribution in [3.63, 3.8) is 0 Å². The van der Waals surface area contributed by atoms with Gasteiger partial charge >= 0.3 is 0 Å². The van der Waals surface area contributed by atoms with Crippen LogP contribution in [0.25, 0.3) is 10.7 Å². The lowest BCUT2D eigenvalue weighted by Crippen LogP contribution is -2.31. The molecule has 2 rings (SSSR count). The van der Waals surface area contributed by atoms with E-state index in [1.54, 1.807) is 0 Å². The van der Waals surface area contributed by atoms with Crippen LogP contribution < -0.4 is 5.32 Å². The summed E-state index contributed by atoms with van der Waals surface area (Å²) in [6.07, 6.45) is 0. The highest BCUT2D eigenvalue weighted by atomic mass is 32.1. The van der Waals surface area contributed by atoms with Crippen LogP contribution in [0.3, 0.4) is 0 Å². The summed E-state index contributed by atoms with van der Waals surface area (Å²) in [5, 5.41) is 16.6. The van der Waals surface area contributed by atoms with Crippen LogP contribution in [-0.2, 0) is 16.1 Å². The molecule has 7 nitrogen and oxygen atoms in total. The Kier molecular flexibility index (Phi) is 5.59. The minimum absolute atomic E-state index is 0.0405. The molecule has 1 amide bonds. The van der Waals surface area contributed by atoms with E-state index in [9.17, 15) is 4.79 Å². The first-order valence-corrected chi connectivity index (χ1v) is 7.33. The third kappa shape index (κ3) is 5.09. The third-order valence-corrected chi connectivity index (χ3v) is 3.26. The lowest BCUT2D eigenvalue weighted by atomic mass is 10.4. The Morgan fingerprint density at radius 1 is 1.57 bits per heavy atom. The quantitative estimate of drug-likeness (QED) is 0.583. The molecule has 21 heavy (non-hydrogen) atoms. The molecule has 0 aliphatic carbocycles. The zero-order chi connectivity index (χ0) is 15.1. The maximum Gasteiger partial charge on any atom is 0.243 e. The number of thiophene rings is 1. The predicted octanol–water partition coefficient (Wildman–Crippen LogP) is 1.11. The van der Waals surface area contributed by atoms with E-state index >= 15 is 0 Å². The van der Waals surface area contributed by atoms with E-state index in [4.69, 9.17) is 4.74 Å². The Balaban J connectivity index is 1.72. The molecule has 0 unspecified atom stereocenters. The van der Waals surface area contributed by atoms with Gasteiger partial charge in [-0.3, -0.25) is 4.79 Å². The first-order valence-electron chi connectivity index (χ1n) is 6.45. The molecule has 0 aliphatic heterocycles. The summed E-state index contributed by atoms with van der Waals surface area (Å²) in [7, 11) is 0. The Bertz CT molecular complexity index is 593. The van der Waals surface area contributed by atoms with Gasteiger partial charge in [0.25, 0.3) is 0 Å². The second kappa shape index (κ2) is 7.65. The van der Waals surface area contributed by atoms with Crippen molar-refractivity contribution in [3.8, 4) is 10.7 Å². The Labute approximate surface area is 126 Å². The average Bonchev–Trinajstić information content (AvgIpc) is 3.08. The van der Waals surface area contributed by atoms with Gasteiger partial charge in [-0.05, 0) is 23.6 Å². The van der Waals surface area contributed by atoms with E-state index < -0.39 is 0 Å². The van der Waals surface area contributed by atoms with Crippen LogP contribution >= 0.6 is 11.3 Å². The standard InChI is InChI=1S/C13H17N5O2S/c1-10(2)9-20-6-5-14-12(19)8-18-16-13(15-17-18)11-4-3-7-21-11/h3-4,7H,1,5-6,8-9H2,2H3,(H,14,19).